The van der Waals surface area contributed by atoms with E-state index in [0.29, 0.717) is 0 Å². The second-order valence-electron chi connectivity index (χ2n) is 6.18. The van der Waals surface area contributed by atoms with Gasteiger partial charge in [-0.05, 0) is 49.5 Å². The van der Waals surface area contributed by atoms with Crippen molar-refractivity contribution in [3.8, 4) is 0 Å². The predicted octanol–water partition coefficient (Wildman–Crippen LogP) is 4.36. The molecule has 1 aromatic heterocycles. The Morgan fingerprint density at radius 2 is 2.09 bits per heavy atom. The minimum absolute atomic E-state index is 0.729. The molecule has 118 valence electrons. The molecule has 0 bridgehead atoms. The Morgan fingerprint density at radius 3 is 2.77 bits per heavy atom. The molecule has 0 spiro atoms. The molecule has 4 heteroatoms. The molecule has 2 aromatic rings. The third kappa shape index (κ3) is 3.39. The van der Waals surface area contributed by atoms with Crippen LogP contribution in [0.25, 0.3) is 10.2 Å². The first-order chi connectivity index (χ1) is 10.7. The molecule has 1 aliphatic rings. The minimum Gasteiger partial charge on any atom is -0.297 e. The van der Waals surface area contributed by atoms with Gasteiger partial charge in [0.15, 0.2) is 0 Å². The molecule has 3 rings (SSSR count). The van der Waals surface area contributed by atoms with Crippen molar-refractivity contribution in [1.29, 1.82) is 0 Å². The fourth-order valence-corrected chi connectivity index (χ4v) is 3.91. The molecular weight excluding hydrogens is 290 g/mol. The van der Waals surface area contributed by atoms with Crippen LogP contribution in [0.5, 0.6) is 0 Å². The van der Waals surface area contributed by atoms with E-state index in [1.54, 1.807) is 0 Å². The third-order valence-electron chi connectivity index (χ3n) is 4.49. The summed E-state index contributed by atoms with van der Waals surface area (Å²) >= 11 is 1.82. The van der Waals surface area contributed by atoms with E-state index in [0.717, 1.165) is 44.0 Å². The number of aliphatic imine (C=N–C) groups is 1. The first-order valence-corrected chi connectivity index (χ1v) is 9.16. The van der Waals surface area contributed by atoms with Crippen molar-refractivity contribution < 1.29 is 0 Å². The van der Waals surface area contributed by atoms with E-state index < -0.39 is 0 Å². The van der Waals surface area contributed by atoms with E-state index in [1.165, 1.54) is 27.4 Å². The highest BCUT2D eigenvalue weighted by atomic mass is 32.1. The molecule has 0 saturated heterocycles. The van der Waals surface area contributed by atoms with Crippen molar-refractivity contribution in [2.45, 2.75) is 40.2 Å². The summed E-state index contributed by atoms with van der Waals surface area (Å²) in [6.45, 7) is 10.8. The summed E-state index contributed by atoms with van der Waals surface area (Å²) in [5.41, 5.74) is 3.66. The molecule has 1 aliphatic heterocycles. The molecule has 0 unspecified atom stereocenters. The number of aromatic nitrogens is 1. The number of fused-ring (bicyclic) bond motifs is 1. The van der Waals surface area contributed by atoms with Gasteiger partial charge in [0.1, 0.15) is 5.01 Å². The van der Waals surface area contributed by atoms with E-state index in [2.05, 4.69) is 43.9 Å². The zero-order chi connectivity index (χ0) is 15.5. The van der Waals surface area contributed by atoms with Crippen LogP contribution in [-0.2, 0) is 6.54 Å². The monoisotopic (exact) mass is 315 g/mol. The van der Waals surface area contributed by atoms with Gasteiger partial charge in [-0.2, -0.15) is 0 Å². The summed E-state index contributed by atoms with van der Waals surface area (Å²) in [4.78, 5) is 12.0. The van der Waals surface area contributed by atoms with Gasteiger partial charge in [-0.25, -0.2) is 4.98 Å². The lowest BCUT2D eigenvalue weighted by molar-refractivity contribution is 0.295. The average molecular weight is 315 g/mol. The second-order valence-corrected chi connectivity index (χ2v) is 7.30. The Hall–Kier alpha value is -1.26. The number of rotatable bonds is 5. The van der Waals surface area contributed by atoms with Crippen molar-refractivity contribution >= 4 is 27.3 Å². The van der Waals surface area contributed by atoms with E-state index in [-0.39, 0.29) is 0 Å². The number of nitrogens with zero attached hydrogens (tertiary/aromatic N) is 3. The molecule has 0 aliphatic carbocycles. The second kappa shape index (κ2) is 6.88. The normalized spacial score (nSPS) is 18.9. The summed E-state index contributed by atoms with van der Waals surface area (Å²) in [5.74, 6) is 0.729. The maximum atomic E-state index is 4.84. The third-order valence-corrected chi connectivity index (χ3v) is 5.51. The topological polar surface area (TPSA) is 28.5 Å². The van der Waals surface area contributed by atoms with Crippen LogP contribution in [-0.4, -0.2) is 35.2 Å². The van der Waals surface area contributed by atoms with Crippen molar-refractivity contribution in [3.05, 3.63) is 28.8 Å². The maximum Gasteiger partial charge on any atom is 0.108 e. The molecule has 0 fully saturated rings. The van der Waals surface area contributed by atoms with Crippen molar-refractivity contribution in [3.63, 3.8) is 0 Å². The van der Waals surface area contributed by atoms with Crippen molar-refractivity contribution in [2.75, 3.05) is 19.6 Å². The van der Waals surface area contributed by atoms with Gasteiger partial charge in [-0.3, -0.25) is 9.89 Å². The van der Waals surface area contributed by atoms with Gasteiger partial charge in [0.05, 0.1) is 16.8 Å². The smallest absolute Gasteiger partial charge is 0.108 e. The SMILES string of the molecule is CCN(CC)Cc1nc2cc(C3=NC[C@@H](C)CC3)ccc2s1. The lowest BCUT2D eigenvalue weighted by Crippen LogP contribution is -2.21. The molecule has 1 atom stereocenters. The number of benzene rings is 1. The van der Waals surface area contributed by atoms with Gasteiger partial charge in [0, 0.05) is 12.3 Å². The van der Waals surface area contributed by atoms with Crippen molar-refractivity contribution in [2.24, 2.45) is 10.9 Å². The number of hydrogen-bond donors (Lipinski definition) is 0. The fourth-order valence-electron chi connectivity index (χ4n) is 2.92. The van der Waals surface area contributed by atoms with Crippen LogP contribution in [0.15, 0.2) is 23.2 Å². The van der Waals surface area contributed by atoms with Crippen molar-refractivity contribution in [1.82, 2.24) is 9.88 Å². The first kappa shape index (κ1) is 15.6. The van der Waals surface area contributed by atoms with Crippen LogP contribution >= 0.6 is 11.3 Å². The predicted molar refractivity (Wildman–Crippen MR) is 96.0 cm³/mol. The molecule has 2 heterocycles. The lowest BCUT2D eigenvalue weighted by Gasteiger charge is -2.17. The molecule has 1 aromatic carbocycles. The summed E-state index contributed by atoms with van der Waals surface area (Å²) in [6, 6.07) is 6.66. The van der Waals surface area contributed by atoms with Crippen LogP contribution in [0.4, 0.5) is 0 Å². The first-order valence-electron chi connectivity index (χ1n) is 8.35. The van der Waals surface area contributed by atoms with Crippen LogP contribution < -0.4 is 0 Å². The zero-order valence-electron chi connectivity index (χ0n) is 13.8. The van der Waals surface area contributed by atoms with Gasteiger partial charge in [0.25, 0.3) is 0 Å². The standard InChI is InChI=1S/C18H25N3S/c1-4-21(5-2)12-18-20-16-10-14(7-9-17(16)22-18)15-8-6-13(3)11-19-15/h7,9-10,13H,4-6,8,11-12H2,1-3H3/t13-/m0/s1. The Balaban J connectivity index is 1.84. The van der Waals surface area contributed by atoms with E-state index in [4.69, 9.17) is 9.98 Å². The van der Waals surface area contributed by atoms with E-state index in [9.17, 15) is 0 Å². The number of thiazole rings is 1. The maximum absolute atomic E-state index is 4.84. The van der Waals surface area contributed by atoms with Crippen LogP contribution in [0, 0.1) is 5.92 Å². The van der Waals surface area contributed by atoms with Gasteiger partial charge in [-0.15, -0.1) is 11.3 Å². The van der Waals surface area contributed by atoms with Gasteiger partial charge in [0.2, 0.25) is 0 Å². The minimum atomic E-state index is 0.729. The molecule has 0 radical (unpaired) electrons. The Morgan fingerprint density at radius 1 is 1.27 bits per heavy atom. The molecule has 0 saturated carbocycles. The highest BCUT2D eigenvalue weighted by molar-refractivity contribution is 7.18. The quantitative estimate of drug-likeness (QED) is 0.820. The van der Waals surface area contributed by atoms with Crippen LogP contribution in [0.2, 0.25) is 0 Å². The summed E-state index contributed by atoms with van der Waals surface area (Å²) in [5, 5.41) is 1.22. The summed E-state index contributed by atoms with van der Waals surface area (Å²) in [6.07, 6.45) is 2.35. The summed E-state index contributed by atoms with van der Waals surface area (Å²) in [7, 11) is 0. The molecular formula is C18H25N3S. The summed E-state index contributed by atoms with van der Waals surface area (Å²) < 4.78 is 1.29. The Labute approximate surface area is 137 Å². The highest BCUT2D eigenvalue weighted by Gasteiger charge is 2.14. The van der Waals surface area contributed by atoms with Gasteiger partial charge >= 0.3 is 0 Å². The van der Waals surface area contributed by atoms with Gasteiger partial charge < -0.3 is 0 Å². The largest absolute Gasteiger partial charge is 0.297 e. The molecule has 3 nitrogen and oxygen atoms in total. The van der Waals surface area contributed by atoms with Crippen LogP contribution in [0.3, 0.4) is 0 Å². The number of hydrogen-bond acceptors (Lipinski definition) is 4. The molecule has 0 amide bonds. The average Bonchev–Trinajstić information content (AvgIpc) is 2.94. The Kier molecular flexibility index (Phi) is 4.89. The molecule has 22 heavy (non-hydrogen) atoms. The van der Waals surface area contributed by atoms with Gasteiger partial charge in [-0.1, -0.05) is 26.8 Å². The molecule has 0 N–H and O–H groups in total. The fraction of sp³-hybridized carbons (Fsp3) is 0.556. The Bertz CT molecular complexity index is 670. The van der Waals surface area contributed by atoms with E-state index in [1.807, 2.05) is 11.3 Å². The lowest BCUT2D eigenvalue weighted by atomic mass is 9.96. The van der Waals surface area contributed by atoms with E-state index >= 15 is 0 Å². The highest BCUT2D eigenvalue weighted by Crippen LogP contribution is 2.26. The zero-order valence-corrected chi connectivity index (χ0v) is 14.6. The van der Waals surface area contributed by atoms with Crippen LogP contribution in [0.1, 0.15) is 44.2 Å².